The molecule has 164 valence electrons. The molecule has 0 atom stereocenters. The molecule has 7 nitrogen and oxygen atoms in total. The predicted molar refractivity (Wildman–Crippen MR) is 123 cm³/mol. The van der Waals surface area contributed by atoms with Crippen molar-refractivity contribution in [2.45, 2.75) is 12.8 Å². The maximum absolute atomic E-state index is 12.4. The molecule has 2 heterocycles. The van der Waals surface area contributed by atoms with Gasteiger partial charge in [0.1, 0.15) is 6.54 Å². The smallest absolute Gasteiger partial charge is 0.304 e. The third kappa shape index (κ3) is 8.10. The lowest BCUT2D eigenvalue weighted by Gasteiger charge is -2.32. The Morgan fingerprint density at radius 1 is 0.931 bits per heavy atom. The molecule has 3 amide bonds. The normalized spacial score (nSPS) is 17.8. The maximum atomic E-state index is 12.4. The second-order valence-corrected chi connectivity index (χ2v) is 6.89. The molecule has 0 bridgehead atoms. The lowest BCUT2D eigenvalue weighted by Crippen LogP contribution is -2.44. The highest BCUT2D eigenvalue weighted by atomic mass is 35.5. The molecule has 2 aliphatic rings. The highest BCUT2D eigenvalue weighted by Crippen LogP contribution is 2.12. The van der Waals surface area contributed by atoms with Crippen molar-refractivity contribution in [3.63, 3.8) is 0 Å². The van der Waals surface area contributed by atoms with Crippen LogP contribution in [0.2, 0.25) is 0 Å². The van der Waals surface area contributed by atoms with E-state index in [-0.39, 0.29) is 55.7 Å². The molecule has 0 spiro atoms. The van der Waals surface area contributed by atoms with Gasteiger partial charge in [0.2, 0.25) is 0 Å². The maximum Gasteiger partial charge on any atom is 0.347 e. The summed E-state index contributed by atoms with van der Waals surface area (Å²) in [6.07, 6.45) is 3.44. The van der Waals surface area contributed by atoms with Crippen LogP contribution in [-0.2, 0) is 4.79 Å². The van der Waals surface area contributed by atoms with E-state index in [2.05, 4.69) is 21.9 Å². The number of carbonyl (C=O) groups is 2. The average Bonchev–Trinajstić information content (AvgIpc) is 2.93. The zero-order valence-electron chi connectivity index (χ0n) is 16.6. The van der Waals surface area contributed by atoms with Gasteiger partial charge in [-0.15, -0.1) is 37.2 Å². The molecular weight excluding hydrogens is 437 g/mol. The lowest BCUT2D eigenvalue weighted by molar-refractivity contribution is -0.125. The van der Waals surface area contributed by atoms with E-state index in [0.29, 0.717) is 6.54 Å². The van der Waals surface area contributed by atoms with Crippen molar-refractivity contribution in [2.24, 2.45) is 5.10 Å². The van der Waals surface area contributed by atoms with Gasteiger partial charge < -0.3 is 9.80 Å². The number of nitrogens with zero attached hydrogens (tertiary/aromatic N) is 5. The van der Waals surface area contributed by atoms with Gasteiger partial charge in [0.25, 0.3) is 5.91 Å². The Bertz CT molecular complexity index is 655. The van der Waals surface area contributed by atoms with E-state index in [0.717, 1.165) is 51.1 Å². The Kier molecular flexibility index (Phi) is 13.1. The van der Waals surface area contributed by atoms with Crippen LogP contribution in [0.5, 0.6) is 0 Å². The number of imide groups is 1. The first-order valence-electron chi connectivity index (χ1n) is 9.25. The molecule has 2 aliphatic heterocycles. The van der Waals surface area contributed by atoms with Crippen LogP contribution < -0.4 is 0 Å². The number of hydrazone groups is 1. The Morgan fingerprint density at radius 2 is 1.55 bits per heavy atom. The number of rotatable bonds is 7. The van der Waals surface area contributed by atoms with E-state index in [1.54, 1.807) is 6.21 Å². The summed E-state index contributed by atoms with van der Waals surface area (Å²) in [7, 11) is 2.15. The highest BCUT2D eigenvalue weighted by Gasteiger charge is 2.35. The fraction of sp³-hybridized carbons (Fsp3) is 0.526. The van der Waals surface area contributed by atoms with Gasteiger partial charge in [0.15, 0.2) is 0 Å². The van der Waals surface area contributed by atoms with Crippen molar-refractivity contribution in [1.29, 1.82) is 0 Å². The number of hydrogen-bond acceptors (Lipinski definition) is 5. The molecule has 0 N–H and O–H groups in total. The summed E-state index contributed by atoms with van der Waals surface area (Å²) < 4.78 is 0. The first-order valence-corrected chi connectivity index (χ1v) is 9.25. The van der Waals surface area contributed by atoms with Gasteiger partial charge in [-0.3, -0.25) is 9.69 Å². The molecule has 0 aromatic heterocycles. The van der Waals surface area contributed by atoms with Crippen LogP contribution in [0.1, 0.15) is 18.4 Å². The molecule has 2 saturated heterocycles. The number of hydrogen-bond donors (Lipinski definition) is 0. The van der Waals surface area contributed by atoms with Crippen LogP contribution in [0.3, 0.4) is 0 Å². The second kappa shape index (κ2) is 13.8. The van der Waals surface area contributed by atoms with Gasteiger partial charge in [-0.2, -0.15) is 5.10 Å². The summed E-state index contributed by atoms with van der Waals surface area (Å²) in [6, 6.07) is 9.23. The van der Waals surface area contributed by atoms with Crippen LogP contribution >= 0.6 is 37.2 Å². The monoisotopic (exact) mass is 465 g/mol. The van der Waals surface area contributed by atoms with Gasteiger partial charge in [-0.05, 0) is 32.0 Å². The summed E-state index contributed by atoms with van der Waals surface area (Å²) in [5.74, 6) is -0.167. The molecular formula is C19H30Cl3N5O2. The molecule has 0 unspecified atom stereocenters. The van der Waals surface area contributed by atoms with Crippen LogP contribution in [0.15, 0.2) is 35.4 Å². The molecule has 29 heavy (non-hydrogen) atoms. The molecule has 2 fully saturated rings. The Hall–Kier alpha value is -1.38. The van der Waals surface area contributed by atoms with Crippen LogP contribution in [0, 0.1) is 0 Å². The Labute approximate surface area is 191 Å². The summed E-state index contributed by atoms with van der Waals surface area (Å²) >= 11 is 0. The standard InChI is InChI=1S/C19H27N5O2.3ClH/c1-21-11-13-22(14-12-21)9-5-6-10-23-18(25)16-24(19(23)26)20-15-17-7-3-2-4-8-17;;;/h2-4,7-8,15H,5-6,9-14,16H2,1H3;3*1H. The number of likely N-dealkylation sites (N-methyl/N-ethyl adjacent to an activating group) is 1. The zero-order chi connectivity index (χ0) is 18.4. The van der Waals surface area contributed by atoms with Crippen molar-refractivity contribution in [3.05, 3.63) is 35.9 Å². The fourth-order valence-electron chi connectivity index (χ4n) is 3.19. The van der Waals surface area contributed by atoms with E-state index in [1.165, 1.54) is 9.91 Å². The molecule has 10 heteroatoms. The van der Waals surface area contributed by atoms with E-state index >= 15 is 0 Å². The van der Waals surface area contributed by atoms with Crippen LogP contribution in [0.4, 0.5) is 4.79 Å². The van der Waals surface area contributed by atoms with Crippen LogP contribution in [0.25, 0.3) is 0 Å². The van der Waals surface area contributed by atoms with Gasteiger partial charge in [-0.25, -0.2) is 9.80 Å². The third-order valence-electron chi connectivity index (χ3n) is 4.89. The minimum atomic E-state index is -0.318. The summed E-state index contributed by atoms with van der Waals surface area (Å²) in [6.45, 7) is 5.94. The lowest BCUT2D eigenvalue weighted by atomic mass is 10.2. The topological polar surface area (TPSA) is 59.5 Å². The molecule has 0 saturated carbocycles. The number of benzene rings is 1. The molecule has 1 aromatic carbocycles. The van der Waals surface area contributed by atoms with Gasteiger partial charge in [0.05, 0.1) is 6.21 Å². The van der Waals surface area contributed by atoms with Gasteiger partial charge in [0, 0.05) is 32.7 Å². The van der Waals surface area contributed by atoms with Gasteiger partial charge >= 0.3 is 6.03 Å². The largest absolute Gasteiger partial charge is 0.347 e. The van der Waals surface area contributed by atoms with Crippen LogP contribution in [-0.4, -0.2) is 90.7 Å². The first-order chi connectivity index (χ1) is 12.6. The number of unbranched alkanes of at least 4 members (excludes halogenated alkanes) is 1. The summed E-state index contributed by atoms with van der Waals surface area (Å²) in [5.41, 5.74) is 0.901. The van der Waals surface area contributed by atoms with Crippen molar-refractivity contribution in [2.75, 3.05) is 52.9 Å². The second-order valence-electron chi connectivity index (χ2n) is 6.89. The predicted octanol–water partition coefficient (Wildman–Crippen LogP) is 2.58. The summed E-state index contributed by atoms with van der Waals surface area (Å²) in [5, 5.41) is 5.41. The number of amides is 3. The summed E-state index contributed by atoms with van der Waals surface area (Å²) in [4.78, 5) is 30.6. The zero-order valence-corrected chi connectivity index (χ0v) is 19.1. The molecule has 1 aromatic rings. The van der Waals surface area contributed by atoms with E-state index in [1.807, 2.05) is 30.3 Å². The highest BCUT2D eigenvalue weighted by molar-refractivity contribution is 6.02. The van der Waals surface area contributed by atoms with Crippen molar-refractivity contribution < 1.29 is 9.59 Å². The molecule has 0 radical (unpaired) electrons. The molecule has 0 aliphatic carbocycles. The van der Waals surface area contributed by atoms with E-state index in [4.69, 9.17) is 0 Å². The molecule has 3 rings (SSSR count). The Morgan fingerprint density at radius 3 is 2.21 bits per heavy atom. The minimum absolute atomic E-state index is 0. The van der Waals surface area contributed by atoms with Crippen molar-refractivity contribution in [3.8, 4) is 0 Å². The average molecular weight is 467 g/mol. The van der Waals surface area contributed by atoms with Gasteiger partial charge in [-0.1, -0.05) is 30.3 Å². The first kappa shape index (κ1) is 27.6. The quantitative estimate of drug-likeness (QED) is 0.352. The Balaban J connectivity index is 0.00000261. The number of urea groups is 1. The van der Waals surface area contributed by atoms with E-state index < -0.39 is 0 Å². The number of piperazine rings is 1. The fourth-order valence-corrected chi connectivity index (χ4v) is 3.19. The van der Waals surface area contributed by atoms with E-state index in [9.17, 15) is 9.59 Å². The minimum Gasteiger partial charge on any atom is -0.304 e. The number of halogens is 3. The third-order valence-corrected chi connectivity index (χ3v) is 4.89. The number of carbonyl (C=O) groups excluding carboxylic acids is 2. The van der Waals surface area contributed by atoms with Crippen molar-refractivity contribution in [1.82, 2.24) is 19.7 Å². The SMILES string of the molecule is CN1CCN(CCCCN2C(=O)CN(N=Cc3ccccc3)C2=O)CC1.Cl.Cl.Cl. The van der Waals surface area contributed by atoms with Crippen molar-refractivity contribution >= 4 is 55.4 Å².